The number of aromatic nitrogens is 3. The van der Waals surface area contributed by atoms with Gasteiger partial charge in [0, 0.05) is 32.5 Å². The van der Waals surface area contributed by atoms with Gasteiger partial charge in [-0.1, -0.05) is 11.3 Å². The van der Waals surface area contributed by atoms with Gasteiger partial charge < -0.3 is 14.5 Å². The molecular formula is C20H24BrN5O3. The van der Waals surface area contributed by atoms with Crippen molar-refractivity contribution < 1.29 is 14.3 Å². The van der Waals surface area contributed by atoms with Gasteiger partial charge in [0.05, 0.1) is 30.4 Å². The van der Waals surface area contributed by atoms with Crippen molar-refractivity contribution in [3.05, 3.63) is 40.1 Å². The molecule has 4 rings (SSSR count). The van der Waals surface area contributed by atoms with Gasteiger partial charge in [0.25, 0.3) is 0 Å². The molecule has 0 spiro atoms. The maximum absolute atomic E-state index is 12.5. The van der Waals surface area contributed by atoms with Crippen LogP contribution in [-0.2, 0) is 22.6 Å². The lowest BCUT2D eigenvalue weighted by Crippen LogP contribution is -2.51. The summed E-state index contributed by atoms with van der Waals surface area (Å²) in [4.78, 5) is 27.9. The average Bonchev–Trinajstić information content (AvgIpc) is 3.29. The summed E-state index contributed by atoms with van der Waals surface area (Å²) in [5.41, 5.74) is 1.90. The molecule has 29 heavy (non-hydrogen) atoms. The Bertz CT molecular complexity index is 909. The van der Waals surface area contributed by atoms with Crippen LogP contribution in [0.4, 0.5) is 0 Å². The lowest BCUT2D eigenvalue weighted by Gasteiger charge is -2.39. The zero-order valence-corrected chi connectivity index (χ0v) is 18.0. The van der Waals surface area contributed by atoms with E-state index in [1.807, 2.05) is 38.9 Å². The van der Waals surface area contributed by atoms with Gasteiger partial charge in [0.15, 0.2) is 0 Å². The van der Waals surface area contributed by atoms with Gasteiger partial charge in [0.1, 0.15) is 11.4 Å². The molecular weight excluding hydrogens is 438 g/mol. The van der Waals surface area contributed by atoms with Crippen LogP contribution in [0.15, 0.2) is 28.9 Å². The SMILES string of the molecule is COc1ccc(CCC(=O)N2CC(n3cc(CN4CCCC4=O)nn3)C2)cc1Br. The molecule has 0 N–H and O–H groups in total. The molecule has 0 bridgehead atoms. The van der Waals surface area contributed by atoms with Crippen LogP contribution >= 0.6 is 15.9 Å². The third-order valence-electron chi connectivity index (χ3n) is 5.51. The van der Waals surface area contributed by atoms with E-state index in [0.29, 0.717) is 38.9 Å². The zero-order valence-electron chi connectivity index (χ0n) is 16.4. The normalized spacial score (nSPS) is 17.0. The molecule has 0 atom stereocenters. The molecule has 2 aromatic rings. The van der Waals surface area contributed by atoms with Gasteiger partial charge in [0.2, 0.25) is 11.8 Å². The standard InChI is InChI=1S/C20H24BrN5O3/c1-29-18-6-4-14(9-17(18)21)5-7-20(28)25-12-16(13-25)26-11-15(22-23-26)10-24-8-2-3-19(24)27/h4,6,9,11,16H,2-3,5,7-8,10,12-13H2,1H3. The molecule has 0 unspecified atom stereocenters. The molecule has 2 aliphatic rings. The van der Waals surface area contributed by atoms with E-state index in [9.17, 15) is 9.59 Å². The summed E-state index contributed by atoms with van der Waals surface area (Å²) < 4.78 is 7.95. The fourth-order valence-electron chi connectivity index (χ4n) is 3.73. The topological polar surface area (TPSA) is 80.6 Å². The van der Waals surface area contributed by atoms with Crippen LogP contribution in [0.1, 0.15) is 36.6 Å². The number of ether oxygens (including phenoxy) is 1. The highest BCUT2D eigenvalue weighted by atomic mass is 79.9. The first-order valence-electron chi connectivity index (χ1n) is 9.82. The largest absolute Gasteiger partial charge is 0.496 e. The summed E-state index contributed by atoms with van der Waals surface area (Å²) in [6.45, 7) is 2.61. The van der Waals surface area contributed by atoms with Crippen LogP contribution in [0.25, 0.3) is 0 Å². The van der Waals surface area contributed by atoms with Crippen LogP contribution in [0, 0.1) is 0 Å². The third-order valence-corrected chi connectivity index (χ3v) is 6.13. The number of carbonyl (C=O) groups excluding carboxylic acids is 2. The molecule has 1 aromatic heterocycles. The van der Waals surface area contributed by atoms with Crippen molar-refractivity contribution in [3.8, 4) is 5.75 Å². The fraction of sp³-hybridized carbons (Fsp3) is 0.500. The van der Waals surface area contributed by atoms with E-state index in [0.717, 1.165) is 34.4 Å². The minimum absolute atomic E-state index is 0.149. The maximum atomic E-state index is 12.5. The smallest absolute Gasteiger partial charge is 0.223 e. The van der Waals surface area contributed by atoms with E-state index < -0.39 is 0 Å². The van der Waals surface area contributed by atoms with E-state index >= 15 is 0 Å². The lowest BCUT2D eigenvalue weighted by atomic mass is 10.1. The van der Waals surface area contributed by atoms with E-state index in [4.69, 9.17) is 4.74 Å². The highest BCUT2D eigenvalue weighted by Gasteiger charge is 2.32. The second kappa shape index (κ2) is 8.52. The second-order valence-electron chi connectivity index (χ2n) is 7.53. The summed E-state index contributed by atoms with van der Waals surface area (Å²) in [7, 11) is 1.63. The average molecular weight is 462 g/mol. The van der Waals surface area contributed by atoms with Gasteiger partial charge in [-0.25, -0.2) is 4.68 Å². The molecule has 2 aliphatic heterocycles. The Hall–Kier alpha value is -2.42. The monoisotopic (exact) mass is 461 g/mol. The predicted octanol–water partition coefficient (Wildman–Crippen LogP) is 2.19. The van der Waals surface area contributed by atoms with Crippen molar-refractivity contribution in [2.45, 2.75) is 38.3 Å². The van der Waals surface area contributed by atoms with Crippen LogP contribution < -0.4 is 4.74 Å². The summed E-state index contributed by atoms with van der Waals surface area (Å²) in [5.74, 6) is 1.12. The van der Waals surface area contributed by atoms with E-state index in [-0.39, 0.29) is 17.9 Å². The first-order valence-corrected chi connectivity index (χ1v) is 10.6. The molecule has 2 saturated heterocycles. The van der Waals surface area contributed by atoms with Crippen LogP contribution in [-0.4, -0.2) is 63.4 Å². The highest BCUT2D eigenvalue weighted by Crippen LogP contribution is 2.27. The Balaban J connectivity index is 1.24. The number of amides is 2. The Morgan fingerprint density at radius 3 is 2.86 bits per heavy atom. The number of carbonyl (C=O) groups is 2. The Labute approximate surface area is 177 Å². The van der Waals surface area contributed by atoms with Gasteiger partial charge >= 0.3 is 0 Å². The number of hydrogen-bond acceptors (Lipinski definition) is 5. The van der Waals surface area contributed by atoms with Crippen LogP contribution in [0.3, 0.4) is 0 Å². The molecule has 2 amide bonds. The summed E-state index contributed by atoms with van der Waals surface area (Å²) in [5, 5.41) is 8.38. The van der Waals surface area contributed by atoms with Gasteiger partial charge in [-0.15, -0.1) is 5.10 Å². The van der Waals surface area contributed by atoms with Crippen molar-refractivity contribution in [2.24, 2.45) is 0 Å². The number of methoxy groups -OCH3 is 1. The number of hydrogen-bond donors (Lipinski definition) is 0. The number of aryl methyl sites for hydroxylation is 1. The molecule has 0 radical (unpaired) electrons. The van der Waals surface area contributed by atoms with Crippen LogP contribution in [0.5, 0.6) is 5.75 Å². The first kappa shape index (κ1) is 19.9. The number of halogens is 1. The van der Waals surface area contributed by atoms with Crippen molar-refractivity contribution in [1.82, 2.24) is 24.8 Å². The molecule has 0 saturated carbocycles. The van der Waals surface area contributed by atoms with Crippen molar-refractivity contribution in [2.75, 3.05) is 26.7 Å². The molecule has 154 valence electrons. The Morgan fingerprint density at radius 1 is 1.34 bits per heavy atom. The van der Waals surface area contributed by atoms with Gasteiger partial charge in [-0.05, 0) is 46.5 Å². The Morgan fingerprint density at radius 2 is 2.17 bits per heavy atom. The zero-order chi connectivity index (χ0) is 20.4. The van der Waals surface area contributed by atoms with E-state index in [2.05, 4.69) is 26.2 Å². The number of nitrogens with zero attached hydrogens (tertiary/aromatic N) is 5. The molecule has 2 fully saturated rings. The molecule has 8 nitrogen and oxygen atoms in total. The summed E-state index contributed by atoms with van der Waals surface area (Å²) >= 11 is 3.48. The minimum Gasteiger partial charge on any atom is -0.496 e. The van der Waals surface area contributed by atoms with Gasteiger partial charge in [-0.2, -0.15) is 0 Å². The molecule has 9 heteroatoms. The fourth-order valence-corrected chi connectivity index (χ4v) is 4.32. The van der Waals surface area contributed by atoms with E-state index in [1.165, 1.54) is 0 Å². The maximum Gasteiger partial charge on any atom is 0.223 e. The number of likely N-dealkylation sites (tertiary alicyclic amines) is 2. The summed E-state index contributed by atoms with van der Waals surface area (Å²) in [6, 6.07) is 6.04. The van der Waals surface area contributed by atoms with Crippen molar-refractivity contribution >= 4 is 27.7 Å². The highest BCUT2D eigenvalue weighted by molar-refractivity contribution is 9.10. The molecule has 3 heterocycles. The third kappa shape index (κ3) is 4.44. The van der Waals surface area contributed by atoms with Crippen LogP contribution in [0.2, 0.25) is 0 Å². The quantitative estimate of drug-likeness (QED) is 0.631. The summed E-state index contributed by atoms with van der Waals surface area (Å²) in [6.07, 6.45) is 4.61. The number of rotatable bonds is 7. The van der Waals surface area contributed by atoms with E-state index in [1.54, 1.807) is 7.11 Å². The van der Waals surface area contributed by atoms with Crippen molar-refractivity contribution in [3.63, 3.8) is 0 Å². The number of benzene rings is 1. The van der Waals surface area contributed by atoms with Crippen molar-refractivity contribution in [1.29, 1.82) is 0 Å². The Kier molecular flexibility index (Phi) is 5.84. The predicted molar refractivity (Wildman–Crippen MR) is 109 cm³/mol. The minimum atomic E-state index is 0.149. The first-order chi connectivity index (χ1) is 14.0. The molecule has 1 aromatic carbocycles. The molecule has 0 aliphatic carbocycles. The lowest BCUT2D eigenvalue weighted by molar-refractivity contribution is -0.137. The van der Waals surface area contributed by atoms with Gasteiger partial charge in [-0.3, -0.25) is 9.59 Å². The second-order valence-corrected chi connectivity index (χ2v) is 8.38.